The molecule has 8 atom stereocenters. The molecular weight excluding hydrogens is 408 g/mol. The lowest BCUT2D eigenvalue weighted by atomic mass is 9.42. The lowest BCUT2D eigenvalue weighted by Crippen LogP contribution is -2.61. The van der Waals surface area contributed by atoms with E-state index >= 15 is 0 Å². The summed E-state index contributed by atoms with van der Waals surface area (Å²) in [5, 5.41) is 11.7. The van der Waals surface area contributed by atoms with E-state index in [2.05, 4.69) is 20.8 Å². The summed E-state index contributed by atoms with van der Waals surface area (Å²) >= 11 is 0. The van der Waals surface area contributed by atoms with Crippen LogP contribution in [0.25, 0.3) is 0 Å². The fourth-order valence-electron chi connectivity index (χ4n) is 8.29. The van der Waals surface area contributed by atoms with E-state index in [1.807, 2.05) is 0 Å². The van der Waals surface area contributed by atoms with Crippen LogP contribution in [0.3, 0.4) is 0 Å². The van der Waals surface area contributed by atoms with E-state index < -0.39 is 6.10 Å². The molecule has 0 spiro atoms. The number of ketones is 1. The molecule has 32 heavy (non-hydrogen) atoms. The number of aliphatic hydroxyl groups is 1. The standard InChI is InChI=1S/C26H38O6/c1-24(10-8-20(29)31-4)9-7-18-21-17(23(30)32-5)13-15-12-16(27)6-11-25(15,2)22(21)19(28)14-26(18,24)3/h12,17-19,21-22,28H,6-11,13-14H2,1-5H3/t17-,18?,19-,21?,22?,24+,25+,26+/m1/s1. The third kappa shape index (κ3) is 3.27. The van der Waals surface area contributed by atoms with E-state index in [1.54, 1.807) is 6.08 Å². The Labute approximate surface area is 191 Å². The van der Waals surface area contributed by atoms with Gasteiger partial charge in [0.2, 0.25) is 0 Å². The third-order valence-electron chi connectivity index (χ3n) is 10.3. The van der Waals surface area contributed by atoms with Gasteiger partial charge in [0.15, 0.2) is 5.78 Å². The first-order chi connectivity index (χ1) is 15.0. The van der Waals surface area contributed by atoms with Crippen molar-refractivity contribution in [2.24, 2.45) is 39.9 Å². The smallest absolute Gasteiger partial charge is 0.309 e. The second-order valence-corrected chi connectivity index (χ2v) is 11.5. The summed E-state index contributed by atoms with van der Waals surface area (Å²) in [4.78, 5) is 37.2. The van der Waals surface area contributed by atoms with Crippen molar-refractivity contribution in [3.05, 3.63) is 11.6 Å². The molecule has 0 saturated heterocycles. The van der Waals surface area contributed by atoms with Crippen LogP contribution in [0.4, 0.5) is 0 Å². The average Bonchev–Trinajstić information content (AvgIpc) is 3.01. The van der Waals surface area contributed by atoms with Crippen molar-refractivity contribution in [3.8, 4) is 0 Å². The lowest BCUT2D eigenvalue weighted by molar-refractivity contribution is -0.179. The van der Waals surface area contributed by atoms with Crippen LogP contribution in [0.2, 0.25) is 0 Å². The number of aliphatic hydroxyl groups excluding tert-OH is 1. The molecule has 4 aliphatic rings. The third-order valence-corrected chi connectivity index (χ3v) is 10.3. The van der Waals surface area contributed by atoms with Crippen molar-refractivity contribution in [1.82, 2.24) is 0 Å². The zero-order valence-electron chi connectivity index (χ0n) is 20.1. The maximum absolute atomic E-state index is 13.0. The van der Waals surface area contributed by atoms with Gasteiger partial charge in [-0.3, -0.25) is 14.4 Å². The predicted molar refractivity (Wildman–Crippen MR) is 118 cm³/mol. The number of hydrogen-bond acceptors (Lipinski definition) is 6. The zero-order valence-corrected chi connectivity index (χ0v) is 20.1. The van der Waals surface area contributed by atoms with Gasteiger partial charge in [-0.1, -0.05) is 26.3 Å². The Bertz CT molecular complexity index is 847. The number of ether oxygens (including phenoxy) is 2. The predicted octanol–water partition coefficient (Wildman–Crippen LogP) is 3.85. The Balaban J connectivity index is 1.75. The second-order valence-electron chi connectivity index (χ2n) is 11.5. The first kappa shape index (κ1) is 23.5. The second kappa shape index (κ2) is 7.96. The van der Waals surface area contributed by atoms with Crippen LogP contribution in [-0.4, -0.2) is 43.2 Å². The molecule has 3 saturated carbocycles. The summed E-state index contributed by atoms with van der Waals surface area (Å²) in [7, 11) is 2.85. The van der Waals surface area contributed by atoms with Gasteiger partial charge in [0.25, 0.3) is 0 Å². The van der Waals surface area contributed by atoms with Crippen LogP contribution in [0.15, 0.2) is 11.6 Å². The summed E-state index contributed by atoms with van der Waals surface area (Å²) < 4.78 is 10.1. The summed E-state index contributed by atoms with van der Waals surface area (Å²) in [5.74, 6) is -0.471. The van der Waals surface area contributed by atoms with Crippen LogP contribution in [0.1, 0.15) is 72.1 Å². The molecule has 0 aromatic heterocycles. The molecule has 0 amide bonds. The Kier molecular flexibility index (Phi) is 5.84. The van der Waals surface area contributed by atoms with Crippen LogP contribution >= 0.6 is 0 Å². The molecule has 0 aromatic carbocycles. The van der Waals surface area contributed by atoms with Crippen molar-refractivity contribution in [2.75, 3.05) is 14.2 Å². The highest BCUT2D eigenvalue weighted by molar-refractivity contribution is 5.92. The van der Waals surface area contributed by atoms with E-state index in [9.17, 15) is 19.5 Å². The van der Waals surface area contributed by atoms with Gasteiger partial charge in [0, 0.05) is 12.8 Å². The average molecular weight is 447 g/mol. The molecule has 3 fully saturated rings. The quantitative estimate of drug-likeness (QED) is 0.660. The molecule has 1 N–H and O–H groups in total. The van der Waals surface area contributed by atoms with Crippen molar-refractivity contribution in [1.29, 1.82) is 0 Å². The maximum Gasteiger partial charge on any atom is 0.309 e. The lowest BCUT2D eigenvalue weighted by Gasteiger charge is -2.62. The minimum absolute atomic E-state index is 0.00602. The summed E-state index contributed by atoms with van der Waals surface area (Å²) in [6.45, 7) is 6.69. The summed E-state index contributed by atoms with van der Waals surface area (Å²) in [5.41, 5.74) is 0.447. The Morgan fingerprint density at radius 1 is 1.16 bits per heavy atom. The van der Waals surface area contributed by atoms with Gasteiger partial charge in [0.1, 0.15) is 0 Å². The van der Waals surface area contributed by atoms with E-state index in [0.717, 1.165) is 31.3 Å². The van der Waals surface area contributed by atoms with Crippen LogP contribution in [0.5, 0.6) is 0 Å². The highest BCUT2D eigenvalue weighted by Gasteiger charge is 2.67. The fourth-order valence-corrected chi connectivity index (χ4v) is 8.29. The van der Waals surface area contributed by atoms with Crippen molar-refractivity contribution in [2.45, 2.75) is 78.2 Å². The topological polar surface area (TPSA) is 89.9 Å². The molecule has 0 radical (unpaired) electrons. The van der Waals surface area contributed by atoms with Gasteiger partial charge in [-0.15, -0.1) is 0 Å². The first-order valence-corrected chi connectivity index (χ1v) is 12.1. The van der Waals surface area contributed by atoms with Crippen molar-refractivity contribution >= 4 is 17.7 Å². The highest BCUT2D eigenvalue weighted by atomic mass is 16.5. The normalized spacial score (nSPS) is 45.2. The first-order valence-electron chi connectivity index (χ1n) is 12.1. The molecule has 4 rings (SSSR count). The number of methoxy groups -OCH3 is 2. The van der Waals surface area contributed by atoms with Crippen LogP contribution in [0, 0.1) is 39.9 Å². The maximum atomic E-state index is 13.0. The van der Waals surface area contributed by atoms with Gasteiger partial charge < -0.3 is 14.6 Å². The summed E-state index contributed by atoms with van der Waals surface area (Å²) in [6.07, 6.45) is 6.62. The molecule has 6 nitrogen and oxygen atoms in total. The molecule has 0 bridgehead atoms. The molecule has 6 heteroatoms. The number of carbonyl (C=O) groups excluding carboxylic acids is 3. The van der Waals surface area contributed by atoms with Gasteiger partial charge in [-0.2, -0.15) is 0 Å². The molecule has 4 aliphatic carbocycles. The monoisotopic (exact) mass is 446 g/mol. The van der Waals surface area contributed by atoms with Gasteiger partial charge in [-0.05, 0) is 78.6 Å². The Morgan fingerprint density at radius 3 is 2.53 bits per heavy atom. The molecule has 0 heterocycles. The van der Waals surface area contributed by atoms with Crippen molar-refractivity contribution in [3.63, 3.8) is 0 Å². The van der Waals surface area contributed by atoms with Gasteiger partial charge >= 0.3 is 11.9 Å². The Hall–Kier alpha value is -1.69. The van der Waals surface area contributed by atoms with Crippen molar-refractivity contribution < 1.29 is 29.0 Å². The number of rotatable bonds is 4. The number of carbonyl (C=O) groups is 3. The number of allylic oxidation sites excluding steroid dienone is 1. The molecule has 178 valence electrons. The molecular formula is C26H38O6. The molecule has 3 unspecified atom stereocenters. The van der Waals surface area contributed by atoms with Crippen LogP contribution < -0.4 is 0 Å². The highest BCUT2D eigenvalue weighted by Crippen LogP contribution is 2.71. The number of esters is 2. The Morgan fingerprint density at radius 2 is 1.88 bits per heavy atom. The fraction of sp³-hybridized carbons (Fsp3) is 0.808. The SMILES string of the molecule is COC(=O)CC[C@]1(C)CCC2C3C([C@H](O)C[C@@]21C)[C@@]1(C)CCC(=O)C=C1C[C@H]3C(=O)OC. The summed E-state index contributed by atoms with van der Waals surface area (Å²) in [6, 6.07) is 0. The molecule has 0 aromatic rings. The van der Waals surface area contributed by atoms with Gasteiger partial charge in [0.05, 0.1) is 26.2 Å². The largest absolute Gasteiger partial charge is 0.469 e. The minimum atomic E-state index is -0.564. The van der Waals surface area contributed by atoms with Crippen LogP contribution in [-0.2, 0) is 23.9 Å². The van der Waals surface area contributed by atoms with Gasteiger partial charge in [-0.25, -0.2) is 0 Å². The number of hydrogen-bond donors (Lipinski definition) is 1. The minimum Gasteiger partial charge on any atom is -0.469 e. The van der Waals surface area contributed by atoms with E-state index in [1.165, 1.54) is 14.2 Å². The van der Waals surface area contributed by atoms with E-state index in [-0.39, 0.29) is 57.6 Å². The number of fused-ring (bicyclic) bond motifs is 5. The molecule has 0 aliphatic heterocycles. The zero-order chi connectivity index (χ0) is 23.5. The van der Waals surface area contributed by atoms with E-state index in [4.69, 9.17) is 9.47 Å². The van der Waals surface area contributed by atoms with E-state index in [0.29, 0.717) is 25.7 Å².